The highest BCUT2D eigenvalue weighted by Gasteiger charge is 2.30. The second kappa shape index (κ2) is 5.25. The molecule has 5 heteroatoms. The Hall–Kier alpha value is -1.78. The summed E-state index contributed by atoms with van der Waals surface area (Å²) in [5.41, 5.74) is 0. The standard InChI is InChI=1S/C13H18N2O3/c1-8(2)11(13(17)14-9-5-6-9)15-12(16)10-4-3-7-18-10/h3-4,7-9,11H,5-6H2,1-2H3,(H,14,17)(H,15,16). The van der Waals surface area contributed by atoms with Crippen molar-refractivity contribution in [1.82, 2.24) is 10.6 Å². The summed E-state index contributed by atoms with van der Waals surface area (Å²) >= 11 is 0. The van der Waals surface area contributed by atoms with Crippen molar-refractivity contribution < 1.29 is 14.0 Å². The maximum absolute atomic E-state index is 12.0. The lowest BCUT2D eigenvalue weighted by molar-refractivity contribution is -0.124. The van der Waals surface area contributed by atoms with Gasteiger partial charge in [-0.1, -0.05) is 13.8 Å². The smallest absolute Gasteiger partial charge is 0.287 e. The van der Waals surface area contributed by atoms with Gasteiger partial charge in [0.1, 0.15) is 6.04 Å². The monoisotopic (exact) mass is 250 g/mol. The second-order valence-electron chi connectivity index (χ2n) is 4.96. The summed E-state index contributed by atoms with van der Waals surface area (Å²) in [5.74, 6) is -0.223. The molecule has 0 bridgehead atoms. The first-order valence-electron chi connectivity index (χ1n) is 6.22. The number of furan rings is 1. The Bertz CT molecular complexity index is 421. The molecule has 1 fully saturated rings. The van der Waals surface area contributed by atoms with Crippen LogP contribution in [0.15, 0.2) is 22.8 Å². The Morgan fingerprint density at radius 1 is 1.39 bits per heavy atom. The molecule has 98 valence electrons. The van der Waals surface area contributed by atoms with Gasteiger partial charge in [-0.25, -0.2) is 0 Å². The molecule has 1 unspecified atom stereocenters. The number of hydrogen-bond acceptors (Lipinski definition) is 3. The molecule has 1 saturated carbocycles. The van der Waals surface area contributed by atoms with Gasteiger partial charge in [0.2, 0.25) is 5.91 Å². The van der Waals surface area contributed by atoms with Gasteiger partial charge in [0, 0.05) is 6.04 Å². The van der Waals surface area contributed by atoms with Gasteiger partial charge in [0.25, 0.3) is 5.91 Å². The minimum Gasteiger partial charge on any atom is -0.459 e. The van der Waals surface area contributed by atoms with E-state index in [1.54, 1.807) is 12.1 Å². The molecule has 5 nitrogen and oxygen atoms in total. The van der Waals surface area contributed by atoms with E-state index in [4.69, 9.17) is 4.42 Å². The molecule has 1 heterocycles. The Labute approximate surface area is 106 Å². The topological polar surface area (TPSA) is 71.3 Å². The summed E-state index contributed by atoms with van der Waals surface area (Å²) < 4.78 is 5.01. The molecule has 18 heavy (non-hydrogen) atoms. The quantitative estimate of drug-likeness (QED) is 0.827. The van der Waals surface area contributed by atoms with Crippen LogP contribution in [0.2, 0.25) is 0 Å². The van der Waals surface area contributed by atoms with Crippen LogP contribution < -0.4 is 10.6 Å². The average molecular weight is 250 g/mol. The molecule has 0 aliphatic heterocycles. The van der Waals surface area contributed by atoms with Crippen LogP contribution in [0.1, 0.15) is 37.2 Å². The molecule has 0 spiro atoms. The molecule has 0 saturated heterocycles. The number of amides is 2. The largest absolute Gasteiger partial charge is 0.459 e. The number of nitrogens with one attached hydrogen (secondary N) is 2. The zero-order valence-corrected chi connectivity index (χ0v) is 10.6. The van der Waals surface area contributed by atoms with Gasteiger partial charge in [-0.2, -0.15) is 0 Å². The normalized spacial score (nSPS) is 16.4. The van der Waals surface area contributed by atoms with Gasteiger partial charge < -0.3 is 15.1 Å². The third-order valence-electron chi connectivity index (χ3n) is 2.90. The fourth-order valence-corrected chi connectivity index (χ4v) is 1.67. The van der Waals surface area contributed by atoms with Gasteiger partial charge in [0.15, 0.2) is 5.76 Å². The maximum Gasteiger partial charge on any atom is 0.287 e. The Morgan fingerprint density at radius 2 is 2.11 bits per heavy atom. The number of carbonyl (C=O) groups is 2. The van der Waals surface area contributed by atoms with Gasteiger partial charge in [0.05, 0.1) is 6.26 Å². The van der Waals surface area contributed by atoms with Crippen LogP contribution in [0.4, 0.5) is 0 Å². The molecule has 1 aliphatic rings. The Kier molecular flexibility index (Phi) is 3.69. The Balaban J connectivity index is 1.97. The van der Waals surface area contributed by atoms with Gasteiger partial charge in [-0.15, -0.1) is 0 Å². The highest BCUT2D eigenvalue weighted by molar-refractivity contribution is 5.95. The minimum absolute atomic E-state index is 0.0302. The first kappa shape index (κ1) is 12.7. The fourth-order valence-electron chi connectivity index (χ4n) is 1.67. The third-order valence-corrected chi connectivity index (χ3v) is 2.90. The van der Waals surface area contributed by atoms with Gasteiger partial charge in [-0.3, -0.25) is 9.59 Å². The highest BCUT2D eigenvalue weighted by atomic mass is 16.3. The number of carbonyl (C=O) groups excluding carboxylic acids is 2. The summed E-state index contributed by atoms with van der Waals surface area (Å²) in [5, 5.41) is 5.61. The van der Waals surface area contributed by atoms with E-state index in [1.165, 1.54) is 6.26 Å². The maximum atomic E-state index is 12.0. The van der Waals surface area contributed by atoms with Crippen molar-refractivity contribution in [3.8, 4) is 0 Å². The molecule has 0 radical (unpaired) electrons. The van der Waals surface area contributed by atoms with E-state index in [0.29, 0.717) is 6.04 Å². The minimum atomic E-state index is -0.525. The van der Waals surface area contributed by atoms with E-state index >= 15 is 0 Å². The predicted molar refractivity (Wildman–Crippen MR) is 66.0 cm³/mol. The average Bonchev–Trinajstić information content (AvgIpc) is 2.96. The van der Waals surface area contributed by atoms with Crippen molar-refractivity contribution in [2.45, 2.75) is 38.8 Å². The van der Waals surface area contributed by atoms with Crippen molar-refractivity contribution >= 4 is 11.8 Å². The van der Waals surface area contributed by atoms with E-state index in [2.05, 4.69) is 10.6 Å². The zero-order valence-electron chi connectivity index (χ0n) is 10.6. The van der Waals surface area contributed by atoms with Crippen LogP contribution >= 0.6 is 0 Å². The summed E-state index contributed by atoms with van der Waals surface area (Å²) in [7, 11) is 0. The molecule has 0 aromatic carbocycles. The van der Waals surface area contributed by atoms with Crippen molar-refractivity contribution in [1.29, 1.82) is 0 Å². The van der Waals surface area contributed by atoms with Crippen LogP contribution in [0, 0.1) is 5.92 Å². The molecule has 2 amide bonds. The van der Waals surface area contributed by atoms with E-state index in [-0.39, 0.29) is 23.5 Å². The van der Waals surface area contributed by atoms with E-state index in [1.807, 2.05) is 13.8 Å². The summed E-state index contributed by atoms with van der Waals surface area (Å²) in [6.07, 6.45) is 3.49. The van der Waals surface area contributed by atoms with Crippen molar-refractivity contribution in [2.75, 3.05) is 0 Å². The fraction of sp³-hybridized carbons (Fsp3) is 0.538. The lowest BCUT2D eigenvalue weighted by Crippen LogP contribution is -2.50. The van der Waals surface area contributed by atoms with Crippen LogP contribution in [0.3, 0.4) is 0 Å². The lowest BCUT2D eigenvalue weighted by Gasteiger charge is -2.21. The molecule has 2 N–H and O–H groups in total. The van der Waals surface area contributed by atoms with Crippen molar-refractivity contribution in [3.63, 3.8) is 0 Å². The predicted octanol–water partition coefficient (Wildman–Crippen LogP) is 1.31. The molecule has 1 aromatic heterocycles. The van der Waals surface area contributed by atoms with Gasteiger partial charge >= 0.3 is 0 Å². The summed E-state index contributed by atoms with van der Waals surface area (Å²) in [4.78, 5) is 23.8. The van der Waals surface area contributed by atoms with Crippen molar-refractivity contribution in [2.24, 2.45) is 5.92 Å². The van der Waals surface area contributed by atoms with E-state index in [9.17, 15) is 9.59 Å². The van der Waals surface area contributed by atoms with Gasteiger partial charge in [-0.05, 0) is 30.9 Å². The zero-order chi connectivity index (χ0) is 13.1. The third kappa shape index (κ3) is 3.12. The first-order valence-corrected chi connectivity index (χ1v) is 6.22. The molecular weight excluding hydrogens is 232 g/mol. The first-order chi connectivity index (χ1) is 8.58. The molecule has 1 aromatic rings. The molecule has 1 aliphatic carbocycles. The van der Waals surface area contributed by atoms with Crippen LogP contribution in [-0.4, -0.2) is 23.9 Å². The summed E-state index contributed by atoms with van der Waals surface area (Å²) in [6, 6.07) is 2.98. The second-order valence-corrected chi connectivity index (χ2v) is 4.96. The van der Waals surface area contributed by atoms with Crippen LogP contribution in [-0.2, 0) is 4.79 Å². The molecular formula is C13H18N2O3. The summed E-state index contributed by atoms with van der Waals surface area (Å²) in [6.45, 7) is 3.80. The van der Waals surface area contributed by atoms with E-state index < -0.39 is 6.04 Å². The molecule has 1 atom stereocenters. The lowest BCUT2D eigenvalue weighted by atomic mass is 10.0. The SMILES string of the molecule is CC(C)C(NC(=O)c1ccco1)C(=O)NC1CC1. The number of rotatable bonds is 5. The number of hydrogen-bond donors (Lipinski definition) is 2. The van der Waals surface area contributed by atoms with E-state index in [0.717, 1.165) is 12.8 Å². The van der Waals surface area contributed by atoms with Crippen LogP contribution in [0.25, 0.3) is 0 Å². The van der Waals surface area contributed by atoms with Crippen molar-refractivity contribution in [3.05, 3.63) is 24.2 Å². The Morgan fingerprint density at radius 3 is 2.61 bits per heavy atom. The molecule has 2 rings (SSSR count). The van der Waals surface area contributed by atoms with Crippen LogP contribution in [0.5, 0.6) is 0 Å². The highest BCUT2D eigenvalue weighted by Crippen LogP contribution is 2.19.